The molecule has 0 bridgehead atoms. The smallest absolute Gasteiger partial charge is 0.213 e. The normalized spacial score (nSPS) is 23.3. The Bertz CT molecular complexity index is 616. The summed E-state index contributed by atoms with van der Waals surface area (Å²) in [7, 11) is -0.0181. The number of benzene rings is 1. The number of hydrogen-bond acceptors (Lipinski definition) is 4. The molecule has 1 aliphatic rings. The lowest BCUT2D eigenvalue weighted by molar-refractivity contribution is 0.0456. The van der Waals surface area contributed by atoms with Gasteiger partial charge in [0.2, 0.25) is 10.0 Å². The summed E-state index contributed by atoms with van der Waals surface area (Å²) in [6.45, 7) is 4.08. The van der Waals surface area contributed by atoms with E-state index in [0.29, 0.717) is 25.9 Å². The molecule has 1 heterocycles. The first kappa shape index (κ1) is 17.4. The van der Waals surface area contributed by atoms with Gasteiger partial charge in [-0.3, -0.25) is 4.90 Å². The van der Waals surface area contributed by atoms with E-state index in [4.69, 9.17) is 0 Å². The van der Waals surface area contributed by atoms with Crippen LogP contribution in [-0.2, 0) is 15.6 Å². The van der Waals surface area contributed by atoms with Gasteiger partial charge >= 0.3 is 0 Å². The molecule has 124 valence electrons. The quantitative estimate of drug-likeness (QED) is 0.852. The van der Waals surface area contributed by atoms with Gasteiger partial charge in [-0.25, -0.2) is 12.7 Å². The second kappa shape index (κ2) is 6.66. The Balaban J connectivity index is 1.92. The van der Waals surface area contributed by atoms with Gasteiger partial charge in [-0.2, -0.15) is 0 Å². The fraction of sp³-hybridized carbons (Fsp3) is 0.625. The Morgan fingerprint density at radius 2 is 2.00 bits per heavy atom. The van der Waals surface area contributed by atoms with Crippen molar-refractivity contribution in [3.05, 3.63) is 35.4 Å². The average Bonchev–Trinajstić information content (AvgIpc) is 2.81. The predicted octanol–water partition coefficient (Wildman–Crippen LogP) is 1.17. The Hall–Kier alpha value is -0.950. The zero-order valence-corrected chi connectivity index (χ0v) is 14.4. The number of β-amino-alcohol motifs (C(OH)–C–C–N with tert-alkyl or cyclic N) is 1. The molecule has 0 amide bonds. The molecule has 2 rings (SSSR count). The lowest BCUT2D eigenvalue weighted by atomic mass is 9.89. The number of likely N-dealkylation sites (tertiary alicyclic amines) is 1. The van der Waals surface area contributed by atoms with Crippen molar-refractivity contribution in [3.63, 3.8) is 0 Å². The van der Waals surface area contributed by atoms with E-state index < -0.39 is 15.6 Å². The van der Waals surface area contributed by atoms with E-state index in [0.717, 1.165) is 17.7 Å². The molecule has 1 saturated heterocycles. The Kier molecular flexibility index (Phi) is 5.27. The maximum Gasteiger partial charge on any atom is 0.213 e. The molecule has 1 atom stereocenters. The Morgan fingerprint density at radius 3 is 2.64 bits per heavy atom. The second-order valence-corrected chi connectivity index (χ2v) is 8.63. The van der Waals surface area contributed by atoms with Gasteiger partial charge in [-0.15, -0.1) is 0 Å². The summed E-state index contributed by atoms with van der Waals surface area (Å²) >= 11 is 0. The molecule has 0 saturated carbocycles. The lowest BCUT2D eigenvalue weighted by Crippen LogP contribution is -2.33. The SMILES string of the molecule is Cc1ccccc1[C@]1(O)CCN(CCCS(=O)(=O)N(C)C)C1. The van der Waals surface area contributed by atoms with Gasteiger partial charge < -0.3 is 5.11 Å². The van der Waals surface area contributed by atoms with Crippen molar-refractivity contribution < 1.29 is 13.5 Å². The van der Waals surface area contributed by atoms with E-state index in [1.54, 1.807) is 14.1 Å². The van der Waals surface area contributed by atoms with Gasteiger partial charge in [-0.05, 0) is 37.4 Å². The highest BCUT2D eigenvalue weighted by atomic mass is 32.2. The molecule has 1 aliphatic heterocycles. The van der Waals surface area contributed by atoms with Crippen molar-refractivity contribution in [2.45, 2.75) is 25.4 Å². The summed E-state index contributed by atoms with van der Waals surface area (Å²) in [6, 6.07) is 7.92. The van der Waals surface area contributed by atoms with Gasteiger partial charge in [-0.1, -0.05) is 24.3 Å². The Labute approximate surface area is 133 Å². The molecule has 0 aromatic heterocycles. The fourth-order valence-electron chi connectivity index (χ4n) is 3.03. The number of sulfonamides is 1. The largest absolute Gasteiger partial charge is 0.384 e. The molecule has 1 N–H and O–H groups in total. The number of rotatable bonds is 6. The predicted molar refractivity (Wildman–Crippen MR) is 88.2 cm³/mol. The first-order valence-electron chi connectivity index (χ1n) is 7.66. The third-order valence-corrected chi connectivity index (χ3v) is 6.32. The Morgan fingerprint density at radius 1 is 1.32 bits per heavy atom. The number of aryl methyl sites for hydroxylation is 1. The van der Waals surface area contributed by atoms with Crippen LogP contribution in [0.3, 0.4) is 0 Å². The monoisotopic (exact) mass is 326 g/mol. The molecule has 0 radical (unpaired) electrons. The van der Waals surface area contributed by atoms with Crippen LogP contribution in [0, 0.1) is 6.92 Å². The number of aliphatic hydroxyl groups is 1. The van der Waals surface area contributed by atoms with Gasteiger partial charge in [0.05, 0.1) is 5.75 Å². The molecule has 0 spiro atoms. The molecule has 1 aromatic carbocycles. The second-order valence-electron chi connectivity index (χ2n) is 6.32. The van der Waals surface area contributed by atoms with Crippen molar-refractivity contribution in [3.8, 4) is 0 Å². The molecule has 1 aromatic rings. The van der Waals surface area contributed by atoms with Crippen molar-refractivity contribution >= 4 is 10.0 Å². The molecule has 6 heteroatoms. The molecule has 0 aliphatic carbocycles. The number of hydrogen-bond donors (Lipinski definition) is 1. The van der Waals surface area contributed by atoms with Crippen molar-refractivity contribution in [1.82, 2.24) is 9.21 Å². The summed E-state index contributed by atoms with van der Waals surface area (Å²) in [5.74, 6) is 0.152. The first-order chi connectivity index (χ1) is 10.2. The van der Waals surface area contributed by atoms with Crippen LogP contribution in [0.25, 0.3) is 0 Å². The summed E-state index contributed by atoms with van der Waals surface area (Å²) < 4.78 is 24.8. The number of nitrogens with zero attached hydrogens (tertiary/aromatic N) is 2. The van der Waals surface area contributed by atoms with Crippen LogP contribution in [0.1, 0.15) is 24.0 Å². The lowest BCUT2D eigenvalue weighted by Gasteiger charge is -2.25. The summed E-state index contributed by atoms with van der Waals surface area (Å²) in [5, 5.41) is 10.9. The van der Waals surface area contributed by atoms with Gasteiger partial charge in [0.25, 0.3) is 0 Å². The summed E-state index contributed by atoms with van der Waals surface area (Å²) in [6.07, 6.45) is 1.28. The molecule has 1 fully saturated rings. The van der Waals surface area contributed by atoms with Crippen LogP contribution in [0.4, 0.5) is 0 Å². The van der Waals surface area contributed by atoms with Crippen LogP contribution in [-0.4, -0.2) is 62.2 Å². The van der Waals surface area contributed by atoms with Crippen molar-refractivity contribution in [2.24, 2.45) is 0 Å². The van der Waals surface area contributed by atoms with Crippen molar-refractivity contribution in [1.29, 1.82) is 0 Å². The van der Waals surface area contributed by atoms with Crippen LogP contribution < -0.4 is 0 Å². The zero-order chi connectivity index (χ0) is 16.4. The van der Waals surface area contributed by atoms with Crippen LogP contribution in [0.15, 0.2) is 24.3 Å². The van der Waals surface area contributed by atoms with Gasteiger partial charge in [0.15, 0.2) is 0 Å². The molecule has 0 unspecified atom stereocenters. The minimum atomic E-state index is -3.13. The zero-order valence-electron chi connectivity index (χ0n) is 13.6. The highest BCUT2D eigenvalue weighted by Crippen LogP contribution is 2.33. The third kappa shape index (κ3) is 3.87. The van der Waals surface area contributed by atoms with E-state index in [-0.39, 0.29) is 5.75 Å². The average molecular weight is 326 g/mol. The molecular formula is C16H26N2O3S. The summed E-state index contributed by atoms with van der Waals surface area (Å²) in [5.41, 5.74) is 1.27. The van der Waals surface area contributed by atoms with Gasteiger partial charge in [0, 0.05) is 27.2 Å². The van der Waals surface area contributed by atoms with E-state index in [1.165, 1.54) is 4.31 Å². The van der Waals surface area contributed by atoms with E-state index >= 15 is 0 Å². The highest BCUT2D eigenvalue weighted by molar-refractivity contribution is 7.89. The maximum atomic E-state index is 11.8. The minimum Gasteiger partial charge on any atom is -0.384 e. The van der Waals surface area contributed by atoms with E-state index in [9.17, 15) is 13.5 Å². The standard InChI is InChI=1S/C16H26N2O3S/c1-14-7-4-5-8-15(14)16(19)9-11-18(13-16)10-6-12-22(20,21)17(2)3/h4-5,7-8,19H,6,9-13H2,1-3H3/t16-/m0/s1. The van der Waals surface area contributed by atoms with Crippen LogP contribution >= 0.6 is 0 Å². The molecule has 22 heavy (non-hydrogen) atoms. The molecule has 5 nitrogen and oxygen atoms in total. The van der Waals surface area contributed by atoms with Crippen LogP contribution in [0.2, 0.25) is 0 Å². The van der Waals surface area contributed by atoms with E-state index in [2.05, 4.69) is 4.90 Å². The highest BCUT2D eigenvalue weighted by Gasteiger charge is 2.38. The maximum absolute atomic E-state index is 11.8. The first-order valence-corrected chi connectivity index (χ1v) is 9.26. The van der Waals surface area contributed by atoms with Crippen LogP contribution in [0.5, 0.6) is 0 Å². The third-order valence-electron chi connectivity index (χ3n) is 4.41. The minimum absolute atomic E-state index is 0.152. The van der Waals surface area contributed by atoms with Crippen molar-refractivity contribution in [2.75, 3.05) is 39.5 Å². The topological polar surface area (TPSA) is 60.9 Å². The fourth-order valence-corrected chi connectivity index (χ4v) is 3.89. The van der Waals surface area contributed by atoms with Gasteiger partial charge in [0.1, 0.15) is 5.60 Å². The summed E-state index contributed by atoms with van der Waals surface area (Å²) in [4.78, 5) is 2.15. The molecular weight excluding hydrogens is 300 g/mol. The van der Waals surface area contributed by atoms with E-state index in [1.807, 2.05) is 31.2 Å².